The number of hydrogen-bond donors (Lipinski definition) is 0. The molecule has 34 heavy (non-hydrogen) atoms. The van der Waals surface area contributed by atoms with Gasteiger partial charge >= 0.3 is 11.9 Å². The number of unbranched alkanes of at least 4 members (excludes halogenated alkanes) is 2. The Balaban J connectivity index is 0.000000191. The van der Waals surface area contributed by atoms with Crippen molar-refractivity contribution < 1.29 is 4.79 Å². The first-order valence-electron chi connectivity index (χ1n) is 13.0. The molecule has 2 aliphatic carbocycles. The van der Waals surface area contributed by atoms with E-state index in [9.17, 15) is 9.59 Å². The van der Waals surface area contributed by atoms with Crippen LogP contribution in [0.1, 0.15) is 89.2 Å². The number of aromatic nitrogens is 1. The van der Waals surface area contributed by atoms with E-state index in [1.165, 1.54) is 24.0 Å². The first kappa shape index (κ1) is 25.8. The number of rotatable bonds is 6. The molecule has 1 aromatic heterocycles. The van der Waals surface area contributed by atoms with Crippen molar-refractivity contribution in [2.24, 2.45) is 0 Å². The minimum atomic E-state index is -0.490. The number of pyridine rings is 1. The summed E-state index contributed by atoms with van der Waals surface area (Å²) >= 11 is 0. The van der Waals surface area contributed by atoms with Crippen LogP contribution in [-0.2, 0) is 24.2 Å². The van der Waals surface area contributed by atoms with E-state index < -0.39 is 6.04 Å². The van der Waals surface area contributed by atoms with E-state index in [0.29, 0.717) is 5.69 Å². The second-order valence-electron chi connectivity index (χ2n) is 9.63. The van der Waals surface area contributed by atoms with Crippen molar-refractivity contribution in [1.29, 1.82) is 0 Å². The van der Waals surface area contributed by atoms with E-state index in [-0.39, 0.29) is 11.5 Å². The fraction of sp³-hybridized carbons (Fsp3) is 0.643. The smallest absolute Gasteiger partial charge is 0.321 e. The predicted molar refractivity (Wildman–Crippen MR) is 136 cm³/mol. The molecule has 0 spiro atoms. The number of fused-ring (bicyclic) bond motifs is 1. The van der Waals surface area contributed by atoms with Gasteiger partial charge in [-0.05, 0) is 74.5 Å². The van der Waals surface area contributed by atoms with E-state index in [1.54, 1.807) is 4.57 Å². The lowest BCUT2D eigenvalue weighted by Crippen LogP contribution is -2.45. The minimum Gasteiger partial charge on any atom is -0.332 e. The summed E-state index contributed by atoms with van der Waals surface area (Å²) in [5.41, 5.74) is 5.06. The van der Waals surface area contributed by atoms with Crippen LogP contribution < -0.4 is 5.56 Å². The molecular formula is C28H38N4O2. The third-order valence-corrected chi connectivity index (χ3v) is 7.23. The number of amides is 1. The zero-order chi connectivity index (χ0) is 24.5. The van der Waals surface area contributed by atoms with Crippen molar-refractivity contribution >= 4 is 11.6 Å². The molecule has 0 radical (unpaired) electrons. The van der Waals surface area contributed by atoms with Crippen LogP contribution in [0.2, 0.25) is 0 Å². The van der Waals surface area contributed by atoms with E-state index in [1.807, 2.05) is 11.1 Å². The van der Waals surface area contributed by atoms with Gasteiger partial charge in [0.2, 0.25) is 0 Å². The van der Waals surface area contributed by atoms with Gasteiger partial charge in [0.15, 0.2) is 0 Å². The molecule has 3 aliphatic rings. The Labute approximate surface area is 204 Å². The first-order chi connectivity index (χ1) is 16.5. The molecule has 1 atom stereocenters. The van der Waals surface area contributed by atoms with Gasteiger partial charge in [0.05, 0.1) is 6.57 Å². The maximum Gasteiger partial charge on any atom is 0.321 e. The summed E-state index contributed by atoms with van der Waals surface area (Å²) in [5.74, 6) is 0.0501. The van der Waals surface area contributed by atoms with Crippen LogP contribution in [-0.4, -0.2) is 34.5 Å². The molecule has 1 aromatic rings. The highest BCUT2D eigenvalue weighted by Crippen LogP contribution is 2.33. The third kappa shape index (κ3) is 5.79. The van der Waals surface area contributed by atoms with E-state index >= 15 is 0 Å². The summed E-state index contributed by atoms with van der Waals surface area (Å²) in [6.45, 7) is 21.1. The Bertz CT molecular complexity index is 1050. The van der Waals surface area contributed by atoms with Gasteiger partial charge in [-0.15, -0.1) is 0 Å². The van der Waals surface area contributed by atoms with Crippen LogP contribution in [0.25, 0.3) is 9.69 Å². The zero-order valence-electron chi connectivity index (χ0n) is 20.9. The number of carbonyl (C=O) groups is 1. The van der Waals surface area contributed by atoms with Crippen molar-refractivity contribution in [2.45, 2.75) is 103 Å². The summed E-state index contributed by atoms with van der Waals surface area (Å²) in [6, 6.07) is -0.490. The molecule has 1 aliphatic heterocycles. The van der Waals surface area contributed by atoms with Crippen molar-refractivity contribution in [3.8, 4) is 0 Å². The van der Waals surface area contributed by atoms with Gasteiger partial charge in [-0.2, -0.15) is 0 Å². The normalized spacial score (nSPS) is 19.4. The van der Waals surface area contributed by atoms with Crippen LogP contribution in [0.15, 0.2) is 22.1 Å². The van der Waals surface area contributed by atoms with Crippen molar-refractivity contribution in [2.75, 3.05) is 13.1 Å². The largest absolute Gasteiger partial charge is 0.332 e. The summed E-state index contributed by atoms with van der Waals surface area (Å²) in [6.07, 6.45) is 14.8. The number of carbonyl (C=O) groups excluding carboxylic acids is 1. The fourth-order valence-corrected chi connectivity index (χ4v) is 5.27. The van der Waals surface area contributed by atoms with Gasteiger partial charge in [-0.25, -0.2) is 11.4 Å². The first-order valence-corrected chi connectivity index (χ1v) is 13.0. The van der Waals surface area contributed by atoms with Gasteiger partial charge in [-0.1, -0.05) is 33.1 Å². The second-order valence-corrected chi connectivity index (χ2v) is 9.63. The minimum absolute atomic E-state index is 0.0501. The molecule has 0 fully saturated rings. The molecule has 0 saturated heterocycles. The highest BCUT2D eigenvalue weighted by atomic mass is 16.2. The highest BCUT2D eigenvalue weighted by molar-refractivity contribution is 5.88. The van der Waals surface area contributed by atoms with Gasteiger partial charge in [0.25, 0.3) is 11.2 Å². The van der Waals surface area contributed by atoms with Crippen molar-refractivity contribution in [1.82, 2.24) is 9.47 Å². The number of nitrogens with zero attached hydrogens (tertiary/aromatic N) is 4. The van der Waals surface area contributed by atoms with Gasteiger partial charge in [0, 0.05) is 31.4 Å². The maximum atomic E-state index is 12.2. The Hall–Kier alpha value is -2.86. The van der Waals surface area contributed by atoms with Crippen LogP contribution >= 0.6 is 0 Å². The van der Waals surface area contributed by atoms with Crippen LogP contribution in [0.3, 0.4) is 0 Å². The summed E-state index contributed by atoms with van der Waals surface area (Å²) in [4.78, 5) is 33.3. The van der Waals surface area contributed by atoms with E-state index in [4.69, 9.17) is 13.1 Å². The summed E-state index contributed by atoms with van der Waals surface area (Å²) in [5, 5.41) is 0. The Morgan fingerprint density at radius 3 is 2.32 bits per heavy atom. The molecule has 4 rings (SSSR count). The molecule has 0 N–H and O–H groups in total. The average Bonchev–Trinajstić information content (AvgIpc) is 2.87. The predicted octanol–water partition coefficient (Wildman–Crippen LogP) is 5.87. The molecule has 0 bridgehead atoms. The summed E-state index contributed by atoms with van der Waals surface area (Å²) < 4.78 is 1.74. The molecule has 6 nitrogen and oxygen atoms in total. The average molecular weight is 463 g/mol. The third-order valence-electron chi connectivity index (χ3n) is 7.23. The molecule has 6 heteroatoms. The molecular weight excluding hydrogens is 424 g/mol. The molecule has 1 amide bonds. The molecule has 0 saturated carbocycles. The van der Waals surface area contributed by atoms with Crippen LogP contribution in [0.5, 0.6) is 0 Å². The molecule has 2 heterocycles. The quantitative estimate of drug-likeness (QED) is 0.392. The van der Waals surface area contributed by atoms with E-state index in [0.717, 1.165) is 95.0 Å². The van der Waals surface area contributed by atoms with Gasteiger partial charge in [0.1, 0.15) is 0 Å². The number of aryl methyl sites for hydroxylation is 2. The van der Waals surface area contributed by atoms with Crippen molar-refractivity contribution in [3.05, 3.63) is 61.7 Å². The van der Waals surface area contributed by atoms with E-state index in [2.05, 4.69) is 23.5 Å². The Morgan fingerprint density at radius 1 is 0.941 bits per heavy atom. The number of hydrogen-bond acceptors (Lipinski definition) is 2. The Morgan fingerprint density at radius 2 is 1.62 bits per heavy atom. The topological polar surface area (TPSA) is 51.0 Å². The van der Waals surface area contributed by atoms with Gasteiger partial charge in [-0.3, -0.25) is 14.4 Å². The maximum absolute atomic E-state index is 12.2. The Kier molecular flexibility index (Phi) is 9.52. The lowest BCUT2D eigenvalue weighted by atomic mass is 9.84. The fourth-order valence-electron chi connectivity index (χ4n) is 5.27. The molecule has 182 valence electrons. The lowest BCUT2D eigenvalue weighted by Gasteiger charge is -2.33. The molecule has 0 aromatic carbocycles. The lowest BCUT2D eigenvalue weighted by molar-refractivity contribution is -0.131. The highest BCUT2D eigenvalue weighted by Gasteiger charge is 2.39. The van der Waals surface area contributed by atoms with Crippen molar-refractivity contribution in [3.63, 3.8) is 0 Å². The second kappa shape index (κ2) is 12.6. The monoisotopic (exact) mass is 462 g/mol. The van der Waals surface area contributed by atoms with Crippen LogP contribution in [0.4, 0.5) is 5.69 Å². The zero-order valence-corrected chi connectivity index (χ0v) is 20.9. The standard InChI is InChI=1S/C14H20N2O.C14H18N2O/c2*1-3-4-9-16-10-11-7-5-6-8-12(11)13(15-2)14(16)17/h13H,3-10H2,1H3;10H,3-9H2,1H3. The van der Waals surface area contributed by atoms with Gasteiger partial charge < -0.3 is 9.47 Å². The SMILES string of the molecule is [C-]#[N+]C1C(=O)N(CCCC)CC2=C1CCCC2.[C-]#[N+]c1c2c(cn(CCCC)c1=O)CCCC2. The van der Waals surface area contributed by atoms with Crippen LogP contribution in [0, 0.1) is 13.1 Å². The summed E-state index contributed by atoms with van der Waals surface area (Å²) in [7, 11) is 0. The molecule has 1 unspecified atom stereocenters.